The molecule has 1 atom stereocenters. The van der Waals surface area contributed by atoms with Crippen LogP contribution in [0.3, 0.4) is 0 Å². The van der Waals surface area contributed by atoms with Crippen molar-refractivity contribution < 1.29 is 27.6 Å². The number of hydroxylamine groups is 2. The molecule has 1 amide bonds. The maximum absolute atomic E-state index is 12.7. The molecule has 1 heterocycles. The van der Waals surface area contributed by atoms with Crippen molar-refractivity contribution in [3.63, 3.8) is 0 Å². The molecule has 1 aliphatic carbocycles. The number of carbonyl (C=O) groups is 2. The Bertz CT molecular complexity index is 473. The molecule has 1 unspecified atom stereocenters. The minimum atomic E-state index is -4.69. The van der Waals surface area contributed by atoms with E-state index in [2.05, 4.69) is 0 Å². The van der Waals surface area contributed by atoms with E-state index in [1.165, 1.54) is 6.92 Å². The molecule has 0 bridgehead atoms. The van der Waals surface area contributed by atoms with Gasteiger partial charge in [0.05, 0.1) is 13.2 Å². The highest BCUT2D eigenvalue weighted by Gasteiger charge is 2.45. The Kier molecular flexibility index (Phi) is 3.49. The van der Waals surface area contributed by atoms with Crippen LogP contribution in [-0.4, -0.2) is 36.1 Å². The van der Waals surface area contributed by atoms with Crippen molar-refractivity contribution in [3.05, 3.63) is 23.3 Å². The highest BCUT2D eigenvalue weighted by Crippen LogP contribution is 2.34. The van der Waals surface area contributed by atoms with Crippen molar-refractivity contribution in [2.45, 2.75) is 19.5 Å². The summed E-state index contributed by atoms with van der Waals surface area (Å²) >= 11 is 0. The van der Waals surface area contributed by atoms with E-state index in [0.29, 0.717) is 25.6 Å². The molecule has 104 valence electrons. The van der Waals surface area contributed by atoms with Gasteiger partial charge in [0.2, 0.25) is 0 Å². The van der Waals surface area contributed by atoms with Gasteiger partial charge in [-0.2, -0.15) is 13.2 Å². The highest BCUT2D eigenvalue weighted by molar-refractivity contribution is 6.05. The number of nitrogens with zero attached hydrogens (tertiary/aromatic N) is 1. The summed E-state index contributed by atoms with van der Waals surface area (Å²) in [5.41, 5.74) is 0.106. The number of amides is 1. The maximum atomic E-state index is 12.7. The number of carbonyl (C=O) groups excluding carboxylic acids is 2. The second kappa shape index (κ2) is 4.80. The predicted octanol–water partition coefficient (Wildman–Crippen LogP) is 1.78. The van der Waals surface area contributed by atoms with Crippen molar-refractivity contribution in [2.24, 2.45) is 5.92 Å². The van der Waals surface area contributed by atoms with Crippen molar-refractivity contribution in [1.29, 1.82) is 0 Å². The van der Waals surface area contributed by atoms with Gasteiger partial charge in [0.25, 0.3) is 5.91 Å². The SMILES string of the molecule is CC1=CC(=O)C(C(F)(F)F)C=C1C(=O)N1CCCO1. The van der Waals surface area contributed by atoms with Gasteiger partial charge in [0, 0.05) is 5.57 Å². The van der Waals surface area contributed by atoms with Gasteiger partial charge in [-0.25, -0.2) is 5.06 Å². The Morgan fingerprint density at radius 3 is 2.68 bits per heavy atom. The Morgan fingerprint density at radius 1 is 1.47 bits per heavy atom. The second-order valence-electron chi connectivity index (χ2n) is 4.42. The molecule has 19 heavy (non-hydrogen) atoms. The monoisotopic (exact) mass is 275 g/mol. The number of allylic oxidation sites excluding steroid dienone is 2. The molecule has 1 fully saturated rings. The second-order valence-corrected chi connectivity index (χ2v) is 4.42. The first-order chi connectivity index (χ1) is 8.80. The van der Waals surface area contributed by atoms with E-state index in [-0.39, 0.29) is 11.1 Å². The number of rotatable bonds is 1. The largest absolute Gasteiger partial charge is 0.402 e. The van der Waals surface area contributed by atoms with Crippen LogP contribution in [0, 0.1) is 5.92 Å². The van der Waals surface area contributed by atoms with Gasteiger partial charge in [0.1, 0.15) is 5.92 Å². The molecule has 2 aliphatic rings. The van der Waals surface area contributed by atoms with Crippen LogP contribution >= 0.6 is 0 Å². The van der Waals surface area contributed by atoms with Gasteiger partial charge in [-0.3, -0.25) is 14.4 Å². The molecule has 0 spiro atoms. The van der Waals surface area contributed by atoms with Gasteiger partial charge >= 0.3 is 6.18 Å². The first kappa shape index (κ1) is 13.8. The fraction of sp³-hybridized carbons (Fsp3) is 0.500. The van der Waals surface area contributed by atoms with E-state index in [4.69, 9.17) is 4.84 Å². The average molecular weight is 275 g/mol. The average Bonchev–Trinajstić information content (AvgIpc) is 2.79. The van der Waals surface area contributed by atoms with Crippen LogP contribution < -0.4 is 0 Å². The van der Waals surface area contributed by atoms with Gasteiger partial charge in [0.15, 0.2) is 5.78 Å². The Balaban J connectivity index is 2.29. The molecule has 2 rings (SSSR count). The molecule has 0 aromatic carbocycles. The standard InChI is InChI=1S/C12H12F3NO3/c1-7-5-10(17)9(12(13,14)15)6-8(7)11(18)16-3-2-4-19-16/h5-6,9H,2-4H2,1H3. The van der Waals surface area contributed by atoms with Crippen LogP contribution in [0.1, 0.15) is 13.3 Å². The topological polar surface area (TPSA) is 46.6 Å². The van der Waals surface area contributed by atoms with Gasteiger partial charge in [-0.05, 0) is 25.0 Å². The summed E-state index contributed by atoms with van der Waals surface area (Å²) in [7, 11) is 0. The fourth-order valence-corrected chi connectivity index (χ4v) is 2.00. The lowest BCUT2D eigenvalue weighted by Crippen LogP contribution is -2.34. The fourth-order valence-electron chi connectivity index (χ4n) is 2.00. The summed E-state index contributed by atoms with van der Waals surface area (Å²) in [5, 5.41) is 1.03. The lowest BCUT2D eigenvalue weighted by Gasteiger charge is -2.23. The highest BCUT2D eigenvalue weighted by atomic mass is 19.4. The third-order valence-corrected chi connectivity index (χ3v) is 2.99. The number of alkyl halides is 3. The first-order valence-corrected chi connectivity index (χ1v) is 5.76. The Labute approximate surface area is 107 Å². The molecule has 7 heteroatoms. The van der Waals surface area contributed by atoms with Crippen molar-refractivity contribution in [1.82, 2.24) is 5.06 Å². The molecule has 1 saturated heterocycles. The number of hydrogen-bond donors (Lipinski definition) is 0. The first-order valence-electron chi connectivity index (χ1n) is 5.76. The molecule has 0 aromatic rings. The van der Waals surface area contributed by atoms with Gasteiger partial charge in [-0.1, -0.05) is 6.08 Å². The molecule has 0 radical (unpaired) electrons. The molecular formula is C12H12F3NO3. The lowest BCUT2D eigenvalue weighted by atomic mass is 9.89. The summed E-state index contributed by atoms with van der Waals surface area (Å²) in [4.78, 5) is 28.4. The molecule has 0 N–H and O–H groups in total. The predicted molar refractivity (Wildman–Crippen MR) is 58.7 cm³/mol. The van der Waals surface area contributed by atoms with Crippen LogP contribution in [0.25, 0.3) is 0 Å². The maximum Gasteiger partial charge on any atom is 0.402 e. The molecule has 4 nitrogen and oxygen atoms in total. The minimum absolute atomic E-state index is 0.121. The van der Waals surface area contributed by atoms with Crippen LogP contribution in [0.2, 0.25) is 0 Å². The molecule has 1 aliphatic heterocycles. The van der Waals surface area contributed by atoms with E-state index in [9.17, 15) is 22.8 Å². The zero-order valence-electron chi connectivity index (χ0n) is 10.2. The van der Waals surface area contributed by atoms with Gasteiger partial charge in [-0.15, -0.1) is 0 Å². The lowest BCUT2D eigenvalue weighted by molar-refractivity contribution is -0.169. The summed E-state index contributed by atoms with van der Waals surface area (Å²) in [5.74, 6) is -3.94. The van der Waals surface area contributed by atoms with Crippen LogP contribution in [0.4, 0.5) is 13.2 Å². The number of hydrogen-bond acceptors (Lipinski definition) is 3. The normalized spacial score (nSPS) is 24.3. The molecule has 0 aromatic heterocycles. The van der Waals surface area contributed by atoms with E-state index in [1.807, 2.05) is 0 Å². The van der Waals surface area contributed by atoms with Crippen molar-refractivity contribution in [3.8, 4) is 0 Å². The summed E-state index contributed by atoms with van der Waals surface area (Å²) in [6, 6.07) is 0. The van der Waals surface area contributed by atoms with E-state index < -0.39 is 23.8 Å². The van der Waals surface area contributed by atoms with Crippen molar-refractivity contribution >= 4 is 11.7 Å². The van der Waals surface area contributed by atoms with Crippen LogP contribution in [0.5, 0.6) is 0 Å². The summed E-state index contributed by atoms with van der Waals surface area (Å²) < 4.78 is 38.0. The van der Waals surface area contributed by atoms with E-state index in [1.54, 1.807) is 0 Å². The number of ketones is 1. The number of halogens is 3. The van der Waals surface area contributed by atoms with Crippen LogP contribution in [-0.2, 0) is 14.4 Å². The van der Waals surface area contributed by atoms with Crippen LogP contribution in [0.15, 0.2) is 23.3 Å². The smallest absolute Gasteiger partial charge is 0.294 e. The van der Waals surface area contributed by atoms with E-state index >= 15 is 0 Å². The summed E-state index contributed by atoms with van der Waals surface area (Å²) in [6.07, 6.45) is -2.50. The van der Waals surface area contributed by atoms with Crippen molar-refractivity contribution in [2.75, 3.05) is 13.2 Å². The Hall–Kier alpha value is -1.63. The zero-order chi connectivity index (χ0) is 14.2. The summed E-state index contributed by atoms with van der Waals surface area (Å²) in [6.45, 7) is 2.14. The quantitative estimate of drug-likeness (QED) is 0.733. The zero-order valence-corrected chi connectivity index (χ0v) is 10.2. The third-order valence-electron chi connectivity index (χ3n) is 2.99. The molecular weight excluding hydrogens is 263 g/mol. The molecule has 0 saturated carbocycles. The Morgan fingerprint density at radius 2 is 2.16 bits per heavy atom. The van der Waals surface area contributed by atoms with Gasteiger partial charge < -0.3 is 0 Å². The third kappa shape index (κ3) is 2.70. The van der Waals surface area contributed by atoms with E-state index in [0.717, 1.165) is 11.1 Å². The minimum Gasteiger partial charge on any atom is -0.294 e.